The molecule has 132 valence electrons. The fourth-order valence-electron chi connectivity index (χ4n) is 3.93. The van der Waals surface area contributed by atoms with E-state index in [2.05, 4.69) is 0 Å². The molecule has 2 aliphatic rings. The molecular formula is C16H21NO6S. The van der Waals surface area contributed by atoms with Crippen LogP contribution in [-0.4, -0.2) is 48.6 Å². The molecule has 0 aromatic carbocycles. The van der Waals surface area contributed by atoms with Crippen LogP contribution in [0.2, 0.25) is 0 Å². The molecule has 1 amide bonds. The molecule has 3 atom stereocenters. The van der Waals surface area contributed by atoms with Crippen molar-refractivity contribution in [1.82, 2.24) is 4.90 Å². The second-order valence-electron chi connectivity index (χ2n) is 6.75. The van der Waals surface area contributed by atoms with Crippen LogP contribution in [0.3, 0.4) is 0 Å². The van der Waals surface area contributed by atoms with Gasteiger partial charge >= 0.3 is 5.97 Å². The van der Waals surface area contributed by atoms with E-state index in [0.29, 0.717) is 6.42 Å². The number of furan rings is 1. The van der Waals surface area contributed by atoms with Gasteiger partial charge in [-0.15, -0.1) is 0 Å². The number of hydrogen-bond acceptors (Lipinski definition) is 5. The van der Waals surface area contributed by atoms with Crippen molar-refractivity contribution in [2.45, 2.75) is 49.9 Å². The van der Waals surface area contributed by atoms with Crippen LogP contribution in [0, 0.1) is 5.92 Å². The topological polar surface area (TPSA) is 105 Å². The van der Waals surface area contributed by atoms with E-state index in [4.69, 9.17) is 4.42 Å². The van der Waals surface area contributed by atoms with Crippen LogP contribution in [0.4, 0.5) is 0 Å². The van der Waals surface area contributed by atoms with E-state index in [1.54, 1.807) is 0 Å². The number of carboxylic acids is 1. The molecule has 7 nitrogen and oxygen atoms in total. The Labute approximate surface area is 140 Å². The van der Waals surface area contributed by atoms with Crippen LogP contribution < -0.4 is 0 Å². The molecule has 1 aromatic heterocycles. The third kappa shape index (κ3) is 3.33. The largest absolute Gasteiger partial charge is 0.480 e. The first-order valence-corrected chi connectivity index (χ1v) is 10.1. The van der Waals surface area contributed by atoms with Crippen LogP contribution in [0.25, 0.3) is 0 Å². The maximum Gasteiger partial charge on any atom is 0.326 e. The number of amides is 1. The molecule has 1 saturated carbocycles. The number of sulfone groups is 1. The van der Waals surface area contributed by atoms with Crippen LogP contribution in [0.5, 0.6) is 0 Å². The highest BCUT2D eigenvalue weighted by Gasteiger charge is 2.48. The van der Waals surface area contributed by atoms with Gasteiger partial charge in [0.25, 0.3) is 5.91 Å². The Morgan fingerprint density at radius 3 is 2.67 bits per heavy atom. The number of nitrogens with zero attached hydrogens (tertiary/aromatic N) is 1. The van der Waals surface area contributed by atoms with Crippen molar-refractivity contribution in [1.29, 1.82) is 0 Å². The predicted molar refractivity (Wildman–Crippen MR) is 85.2 cm³/mol. The minimum atomic E-state index is -3.26. The number of hydrogen-bond donors (Lipinski definition) is 1. The summed E-state index contributed by atoms with van der Waals surface area (Å²) in [7, 11) is -3.26. The lowest BCUT2D eigenvalue weighted by Crippen LogP contribution is -2.46. The standard InChI is InChI=1S/C16H21NO6S/c1-24(21,22)9-11-6-7-14(23-11)15(18)17-12-5-3-2-4-10(12)8-13(17)16(19)20/h6-7,10,12-13H,2-5,8-9H2,1H3,(H,19,20). The average molecular weight is 355 g/mol. The SMILES string of the molecule is CS(=O)(=O)Cc1ccc(C(=O)N2C(C(=O)O)CC3CCCCC32)o1. The van der Waals surface area contributed by atoms with E-state index in [1.165, 1.54) is 17.0 Å². The first-order valence-electron chi connectivity index (χ1n) is 8.08. The number of rotatable bonds is 4. The molecule has 1 saturated heterocycles. The molecule has 24 heavy (non-hydrogen) atoms. The van der Waals surface area contributed by atoms with Crippen molar-refractivity contribution in [3.63, 3.8) is 0 Å². The lowest BCUT2D eigenvalue weighted by molar-refractivity contribution is -0.141. The van der Waals surface area contributed by atoms with E-state index < -0.39 is 27.8 Å². The summed E-state index contributed by atoms with van der Waals surface area (Å²) in [5.41, 5.74) is 0. The van der Waals surface area contributed by atoms with Gasteiger partial charge in [-0.25, -0.2) is 13.2 Å². The molecule has 2 heterocycles. The van der Waals surface area contributed by atoms with Gasteiger partial charge in [0.05, 0.1) is 0 Å². The molecule has 1 aliphatic carbocycles. The summed E-state index contributed by atoms with van der Waals surface area (Å²) >= 11 is 0. The molecule has 3 unspecified atom stereocenters. The lowest BCUT2D eigenvalue weighted by atomic mass is 9.84. The highest BCUT2D eigenvalue weighted by Crippen LogP contribution is 2.40. The van der Waals surface area contributed by atoms with E-state index in [9.17, 15) is 23.1 Å². The number of carbonyl (C=O) groups excluding carboxylic acids is 1. The van der Waals surface area contributed by atoms with Crippen LogP contribution >= 0.6 is 0 Å². The fraction of sp³-hybridized carbons (Fsp3) is 0.625. The Kier molecular flexibility index (Phi) is 4.42. The molecule has 1 aliphatic heterocycles. The zero-order chi connectivity index (χ0) is 17.5. The molecule has 2 fully saturated rings. The highest BCUT2D eigenvalue weighted by molar-refractivity contribution is 7.89. The number of likely N-dealkylation sites (tertiary alicyclic amines) is 1. The second kappa shape index (κ2) is 6.23. The molecule has 3 rings (SSSR count). The number of carboxylic acid groups (broad SMARTS) is 1. The normalized spacial score (nSPS) is 27.0. The van der Waals surface area contributed by atoms with Gasteiger partial charge in [0.15, 0.2) is 15.6 Å². The zero-order valence-electron chi connectivity index (χ0n) is 13.5. The summed E-state index contributed by atoms with van der Waals surface area (Å²) in [4.78, 5) is 25.8. The van der Waals surface area contributed by atoms with Crippen LogP contribution in [0.15, 0.2) is 16.5 Å². The minimum Gasteiger partial charge on any atom is -0.480 e. The lowest BCUT2D eigenvalue weighted by Gasteiger charge is -2.32. The molecular weight excluding hydrogens is 334 g/mol. The molecule has 8 heteroatoms. The van der Waals surface area contributed by atoms with Crippen molar-refractivity contribution < 1.29 is 27.5 Å². The van der Waals surface area contributed by atoms with Crippen molar-refractivity contribution >= 4 is 21.7 Å². The Morgan fingerprint density at radius 2 is 2.00 bits per heavy atom. The van der Waals surface area contributed by atoms with Gasteiger partial charge in [0, 0.05) is 12.3 Å². The summed E-state index contributed by atoms with van der Waals surface area (Å²) in [5, 5.41) is 9.48. The summed E-state index contributed by atoms with van der Waals surface area (Å²) in [6.45, 7) is 0. The summed E-state index contributed by atoms with van der Waals surface area (Å²) in [6.07, 6.45) is 5.35. The smallest absolute Gasteiger partial charge is 0.326 e. The Balaban J connectivity index is 1.85. The molecule has 0 spiro atoms. The van der Waals surface area contributed by atoms with Crippen molar-refractivity contribution in [2.24, 2.45) is 5.92 Å². The van der Waals surface area contributed by atoms with E-state index in [-0.39, 0.29) is 29.2 Å². The number of aliphatic carboxylic acids is 1. The maximum atomic E-state index is 12.8. The van der Waals surface area contributed by atoms with Gasteiger partial charge in [0.2, 0.25) is 0 Å². The third-order valence-corrected chi connectivity index (χ3v) is 5.69. The van der Waals surface area contributed by atoms with Gasteiger partial charge in [0.1, 0.15) is 17.6 Å². The predicted octanol–water partition coefficient (Wildman–Crippen LogP) is 1.68. The number of carbonyl (C=O) groups is 2. The Morgan fingerprint density at radius 1 is 1.29 bits per heavy atom. The zero-order valence-corrected chi connectivity index (χ0v) is 14.3. The molecule has 0 radical (unpaired) electrons. The molecule has 0 bridgehead atoms. The van der Waals surface area contributed by atoms with Crippen LogP contribution in [0.1, 0.15) is 48.4 Å². The highest BCUT2D eigenvalue weighted by atomic mass is 32.2. The van der Waals surface area contributed by atoms with Gasteiger partial charge in [-0.05, 0) is 37.3 Å². The van der Waals surface area contributed by atoms with Crippen molar-refractivity contribution in [3.05, 3.63) is 23.7 Å². The van der Waals surface area contributed by atoms with E-state index >= 15 is 0 Å². The quantitative estimate of drug-likeness (QED) is 0.881. The maximum absolute atomic E-state index is 12.8. The number of fused-ring (bicyclic) bond motifs is 1. The minimum absolute atomic E-state index is 0.00567. The van der Waals surface area contributed by atoms with Gasteiger partial charge in [-0.3, -0.25) is 4.79 Å². The fourth-order valence-corrected chi connectivity index (χ4v) is 4.60. The van der Waals surface area contributed by atoms with Gasteiger partial charge < -0.3 is 14.4 Å². The second-order valence-corrected chi connectivity index (χ2v) is 8.89. The van der Waals surface area contributed by atoms with Crippen molar-refractivity contribution in [3.8, 4) is 0 Å². The summed E-state index contributed by atoms with van der Waals surface area (Å²) in [6, 6.07) is 1.97. The Bertz CT molecular complexity index is 752. The summed E-state index contributed by atoms with van der Waals surface area (Å²) < 4.78 is 28.0. The molecule has 1 aromatic rings. The molecule has 1 N–H and O–H groups in total. The first-order chi connectivity index (χ1) is 11.3. The van der Waals surface area contributed by atoms with Gasteiger partial charge in [-0.2, -0.15) is 0 Å². The summed E-state index contributed by atoms with van der Waals surface area (Å²) in [5.74, 6) is -1.33. The average Bonchev–Trinajstić information content (AvgIpc) is 3.09. The van der Waals surface area contributed by atoms with Gasteiger partial charge in [-0.1, -0.05) is 12.8 Å². The monoisotopic (exact) mass is 355 g/mol. The van der Waals surface area contributed by atoms with Crippen molar-refractivity contribution in [2.75, 3.05) is 6.26 Å². The van der Waals surface area contributed by atoms with E-state index in [1.807, 2.05) is 0 Å². The first kappa shape index (κ1) is 17.0. The van der Waals surface area contributed by atoms with E-state index in [0.717, 1.165) is 31.9 Å². The third-order valence-electron chi connectivity index (χ3n) is 4.88. The van der Waals surface area contributed by atoms with Crippen LogP contribution in [-0.2, 0) is 20.4 Å². The Hall–Kier alpha value is -1.83.